The third-order valence-electron chi connectivity index (χ3n) is 3.20. The Morgan fingerprint density at radius 3 is 2.78 bits per heavy atom. The molecule has 0 bridgehead atoms. The van der Waals surface area contributed by atoms with Crippen LogP contribution in [0.4, 0.5) is 16.2 Å². The van der Waals surface area contributed by atoms with Gasteiger partial charge in [0.25, 0.3) is 0 Å². The van der Waals surface area contributed by atoms with E-state index in [2.05, 4.69) is 10.6 Å². The number of nitrogen functional groups attached to an aromatic ring is 1. The van der Waals surface area contributed by atoms with Crippen LogP contribution in [0.15, 0.2) is 18.2 Å². The number of anilines is 2. The number of carbonyl (C=O) groups is 1. The number of ether oxygens (including phenoxy) is 1. The molecule has 0 radical (unpaired) electrons. The van der Waals surface area contributed by atoms with Gasteiger partial charge in [0.15, 0.2) is 0 Å². The molecule has 0 spiro atoms. The molecule has 5 nitrogen and oxygen atoms in total. The Balaban J connectivity index is 1.97. The summed E-state index contributed by atoms with van der Waals surface area (Å²) in [6.07, 6.45) is 4.49. The van der Waals surface area contributed by atoms with Crippen molar-refractivity contribution in [3.05, 3.63) is 18.2 Å². The van der Waals surface area contributed by atoms with Gasteiger partial charge >= 0.3 is 6.03 Å². The second-order valence-corrected chi connectivity index (χ2v) is 4.53. The molecule has 2 rings (SSSR count). The smallest absolute Gasteiger partial charge is 0.319 e. The van der Waals surface area contributed by atoms with Crippen molar-refractivity contribution in [2.45, 2.75) is 31.7 Å². The summed E-state index contributed by atoms with van der Waals surface area (Å²) < 4.78 is 5.10. The second kappa shape index (κ2) is 5.62. The van der Waals surface area contributed by atoms with Crippen LogP contribution in [0.1, 0.15) is 25.7 Å². The average Bonchev–Trinajstić information content (AvgIpc) is 2.84. The van der Waals surface area contributed by atoms with E-state index in [-0.39, 0.29) is 12.1 Å². The van der Waals surface area contributed by atoms with Gasteiger partial charge in [-0.25, -0.2) is 4.79 Å². The largest absolute Gasteiger partial charge is 0.497 e. The number of hydrogen-bond donors (Lipinski definition) is 3. The fourth-order valence-corrected chi connectivity index (χ4v) is 2.18. The molecule has 0 aliphatic heterocycles. The molecule has 2 amide bonds. The lowest BCUT2D eigenvalue weighted by Crippen LogP contribution is -2.36. The molecule has 1 aliphatic carbocycles. The zero-order valence-electron chi connectivity index (χ0n) is 10.5. The standard InChI is InChI=1S/C13H19N3O2/c1-18-10-6-7-11(14)12(8-10)16-13(17)15-9-4-2-3-5-9/h6-9H,2-5,14H2,1H3,(H2,15,16,17). The molecule has 0 aromatic heterocycles. The minimum Gasteiger partial charge on any atom is -0.497 e. The summed E-state index contributed by atoms with van der Waals surface area (Å²) in [4.78, 5) is 11.8. The summed E-state index contributed by atoms with van der Waals surface area (Å²) in [5.41, 5.74) is 6.90. The first-order valence-corrected chi connectivity index (χ1v) is 6.20. The SMILES string of the molecule is COc1ccc(N)c(NC(=O)NC2CCCC2)c1. The van der Waals surface area contributed by atoms with E-state index in [1.54, 1.807) is 25.3 Å². The summed E-state index contributed by atoms with van der Waals surface area (Å²) in [5, 5.41) is 5.70. The van der Waals surface area contributed by atoms with Crippen molar-refractivity contribution >= 4 is 17.4 Å². The van der Waals surface area contributed by atoms with E-state index < -0.39 is 0 Å². The summed E-state index contributed by atoms with van der Waals surface area (Å²) in [7, 11) is 1.58. The highest BCUT2D eigenvalue weighted by Crippen LogP contribution is 2.24. The third-order valence-corrected chi connectivity index (χ3v) is 3.20. The van der Waals surface area contributed by atoms with E-state index in [1.807, 2.05) is 0 Å². The molecule has 0 unspecified atom stereocenters. The Morgan fingerprint density at radius 1 is 1.39 bits per heavy atom. The number of hydrogen-bond acceptors (Lipinski definition) is 3. The Kier molecular flexibility index (Phi) is 3.92. The quantitative estimate of drug-likeness (QED) is 0.720. The summed E-state index contributed by atoms with van der Waals surface area (Å²) in [5.74, 6) is 0.667. The fourth-order valence-electron chi connectivity index (χ4n) is 2.18. The fraction of sp³-hybridized carbons (Fsp3) is 0.462. The second-order valence-electron chi connectivity index (χ2n) is 4.53. The molecule has 1 aromatic rings. The molecule has 4 N–H and O–H groups in total. The zero-order chi connectivity index (χ0) is 13.0. The molecule has 0 heterocycles. The molecular formula is C13H19N3O2. The minimum absolute atomic E-state index is 0.207. The van der Waals surface area contributed by atoms with Gasteiger partial charge in [-0.05, 0) is 25.0 Å². The van der Waals surface area contributed by atoms with Gasteiger partial charge in [0, 0.05) is 12.1 Å². The van der Waals surface area contributed by atoms with Crippen molar-refractivity contribution in [2.24, 2.45) is 0 Å². The van der Waals surface area contributed by atoms with Crippen LogP contribution in [0.3, 0.4) is 0 Å². The van der Waals surface area contributed by atoms with E-state index >= 15 is 0 Å². The van der Waals surface area contributed by atoms with Gasteiger partial charge in [0.2, 0.25) is 0 Å². The van der Waals surface area contributed by atoms with E-state index in [4.69, 9.17) is 10.5 Å². The van der Waals surface area contributed by atoms with Crippen molar-refractivity contribution in [1.82, 2.24) is 5.32 Å². The molecule has 18 heavy (non-hydrogen) atoms. The van der Waals surface area contributed by atoms with Crippen molar-refractivity contribution in [1.29, 1.82) is 0 Å². The maximum absolute atomic E-state index is 11.8. The summed E-state index contributed by atoms with van der Waals surface area (Å²) in [6.45, 7) is 0. The topological polar surface area (TPSA) is 76.4 Å². The van der Waals surface area contributed by atoms with Gasteiger partial charge in [-0.15, -0.1) is 0 Å². The zero-order valence-corrected chi connectivity index (χ0v) is 10.5. The predicted molar refractivity (Wildman–Crippen MR) is 71.8 cm³/mol. The average molecular weight is 249 g/mol. The van der Waals surface area contributed by atoms with E-state index in [0.717, 1.165) is 12.8 Å². The van der Waals surface area contributed by atoms with Gasteiger partial charge in [-0.3, -0.25) is 0 Å². The number of methoxy groups -OCH3 is 1. The van der Waals surface area contributed by atoms with Crippen LogP contribution in [0, 0.1) is 0 Å². The number of nitrogens with one attached hydrogen (secondary N) is 2. The van der Waals surface area contributed by atoms with E-state index in [0.29, 0.717) is 17.1 Å². The van der Waals surface area contributed by atoms with Crippen LogP contribution < -0.4 is 21.1 Å². The molecule has 1 fully saturated rings. The Morgan fingerprint density at radius 2 is 2.11 bits per heavy atom. The maximum atomic E-state index is 11.8. The molecule has 1 aliphatic rings. The number of benzene rings is 1. The van der Waals surface area contributed by atoms with Crippen LogP contribution in [-0.4, -0.2) is 19.2 Å². The van der Waals surface area contributed by atoms with Crippen molar-refractivity contribution in [2.75, 3.05) is 18.2 Å². The lowest BCUT2D eigenvalue weighted by atomic mass is 10.2. The Labute approximate surface area is 107 Å². The third kappa shape index (κ3) is 3.06. The molecule has 1 saturated carbocycles. The molecule has 98 valence electrons. The van der Waals surface area contributed by atoms with Crippen molar-refractivity contribution in [3.63, 3.8) is 0 Å². The number of carbonyl (C=O) groups excluding carboxylic acids is 1. The maximum Gasteiger partial charge on any atom is 0.319 e. The Bertz CT molecular complexity index is 428. The first kappa shape index (κ1) is 12.5. The monoisotopic (exact) mass is 249 g/mol. The van der Waals surface area contributed by atoms with Crippen molar-refractivity contribution in [3.8, 4) is 5.75 Å². The van der Waals surface area contributed by atoms with Crippen molar-refractivity contribution < 1.29 is 9.53 Å². The number of amides is 2. The van der Waals surface area contributed by atoms with E-state index in [9.17, 15) is 4.79 Å². The van der Waals surface area contributed by atoms with Gasteiger partial charge in [-0.2, -0.15) is 0 Å². The minimum atomic E-state index is -0.207. The molecular weight excluding hydrogens is 230 g/mol. The highest BCUT2D eigenvalue weighted by molar-refractivity contribution is 5.93. The first-order valence-electron chi connectivity index (χ1n) is 6.20. The summed E-state index contributed by atoms with van der Waals surface area (Å²) >= 11 is 0. The van der Waals surface area contributed by atoms with Crippen LogP contribution in [0.2, 0.25) is 0 Å². The summed E-state index contributed by atoms with van der Waals surface area (Å²) in [6, 6.07) is 5.27. The number of rotatable bonds is 3. The Hall–Kier alpha value is -1.91. The normalized spacial score (nSPS) is 15.4. The van der Waals surface area contributed by atoms with Crippen LogP contribution in [0.25, 0.3) is 0 Å². The molecule has 1 aromatic carbocycles. The first-order chi connectivity index (χ1) is 8.69. The van der Waals surface area contributed by atoms with Gasteiger partial charge in [-0.1, -0.05) is 12.8 Å². The lowest BCUT2D eigenvalue weighted by molar-refractivity contribution is 0.248. The van der Waals surface area contributed by atoms with Gasteiger partial charge in [0.05, 0.1) is 18.5 Å². The molecule has 0 atom stereocenters. The van der Waals surface area contributed by atoms with Crippen LogP contribution >= 0.6 is 0 Å². The van der Waals surface area contributed by atoms with Gasteiger partial charge in [0.1, 0.15) is 5.75 Å². The molecule has 5 heteroatoms. The van der Waals surface area contributed by atoms with Crippen LogP contribution in [0.5, 0.6) is 5.75 Å². The van der Waals surface area contributed by atoms with Crippen LogP contribution in [-0.2, 0) is 0 Å². The number of urea groups is 1. The predicted octanol–water partition coefficient (Wildman–Crippen LogP) is 2.34. The van der Waals surface area contributed by atoms with Gasteiger partial charge < -0.3 is 21.1 Å². The lowest BCUT2D eigenvalue weighted by Gasteiger charge is -2.14. The molecule has 0 saturated heterocycles. The highest BCUT2D eigenvalue weighted by atomic mass is 16.5. The highest BCUT2D eigenvalue weighted by Gasteiger charge is 2.17. The van der Waals surface area contributed by atoms with E-state index in [1.165, 1.54) is 12.8 Å². The number of nitrogens with two attached hydrogens (primary N) is 1.